The molecule has 3 rings (SSSR count). The molecule has 126 valence electrons. The quantitative estimate of drug-likeness (QED) is 0.893. The minimum absolute atomic E-state index is 0.0740. The highest BCUT2D eigenvalue weighted by Gasteiger charge is 2.36. The summed E-state index contributed by atoms with van der Waals surface area (Å²) in [7, 11) is 0. The molecule has 1 aromatic heterocycles. The Morgan fingerprint density at radius 3 is 2.58 bits per heavy atom. The molecule has 0 fully saturated rings. The molecule has 1 N–H and O–H groups in total. The molecule has 2 aromatic rings. The second-order valence-corrected chi connectivity index (χ2v) is 6.34. The Bertz CT molecular complexity index is 801. The van der Waals surface area contributed by atoms with Gasteiger partial charge in [0.2, 0.25) is 5.91 Å². The summed E-state index contributed by atoms with van der Waals surface area (Å²) < 4.78 is 1.71. The molecule has 1 amide bonds. The number of amides is 1. The van der Waals surface area contributed by atoms with E-state index in [1.54, 1.807) is 29.7 Å². The van der Waals surface area contributed by atoms with Gasteiger partial charge in [-0.05, 0) is 24.6 Å². The number of hydrogen-bond acceptors (Lipinski definition) is 4. The van der Waals surface area contributed by atoms with Crippen LogP contribution in [0, 0.1) is 6.92 Å². The Morgan fingerprint density at radius 2 is 1.96 bits per heavy atom. The summed E-state index contributed by atoms with van der Waals surface area (Å²) >= 11 is 12.2. The number of carboxylic acid groups (broad SMARTS) is 1. The van der Waals surface area contributed by atoms with Crippen molar-refractivity contribution >= 4 is 35.1 Å². The number of halogens is 2. The SMILES string of the molecule is Cc1nnc2n1CC(C(=O)O)N(C(=O)Cc1c(Cl)cccc1Cl)C2. The van der Waals surface area contributed by atoms with Crippen LogP contribution < -0.4 is 0 Å². The fourth-order valence-corrected chi connectivity index (χ4v) is 3.27. The molecule has 1 atom stereocenters. The Hall–Kier alpha value is -2.12. The molecule has 9 heteroatoms. The topological polar surface area (TPSA) is 88.3 Å². The number of aromatic nitrogens is 3. The number of benzene rings is 1. The summed E-state index contributed by atoms with van der Waals surface area (Å²) in [5.41, 5.74) is 0.484. The first-order chi connectivity index (χ1) is 11.4. The first-order valence-corrected chi connectivity index (χ1v) is 7.98. The number of carboxylic acids is 1. The minimum atomic E-state index is -1.08. The van der Waals surface area contributed by atoms with E-state index in [9.17, 15) is 14.7 Å². The lowest BCUT2D eigenvalue weighted by Crippen LogP contribution is -2.51. The van der Waals surface area contributed by atoms with Gasteiger partial charge in [0.05, 0.1) is 19.5 Å². The van der Waals surface area contributed by atoms with Gasteiger partial charge in [-0.15, -0.1) is 10.2 Å². The van der Waals surface area contributed by atoms with Gasteiger partial charge in [-0.3, -0.25) is 4.79 Å². The Kier molecular flexibility index (Phi) is 4.47. The minimum Gasteiger partial charge on any atom is -0.480 e. The van der Waals surface area contributed by atoms with Crippen LogP contribution in [0.2, 0.25) is 10.0 Å². The van der Waals surface area contributed by atoms with Gasteiger partial charge in [-0.25, -0.2) is 4.79 Å². The molecule has 0 saturated carbocycles. The van der Waals surface area contributed by atoms with Crippen LogP contribution in [0.1, 0.15) is 17.2 Å². The van der Waals surface area contributed by atoms with Crippen LogP contribution in [0.5, 0.6) is 0 Å². The molecule has 0 bridgehead atoms. The van der Waals surface area contributed by atoms with Gasteiger partial charge >= 0.3 is 5.97 Å². The molecule has 1 unspecified atom stereocenters. The highest BCUT2D eigenvalue weighted by molar-refractivity contribution is 6.36. The maximum absolute atomic E-state index is 12.7. The van der Waals surface area contributed by atoms with E-state index in [4.69, 9.17) is 23.2 Å². The maximum Gasteiger partial charge on any atom is 0.328 e. The average Bonchev–Trinajstić information content (AvgIpc) is 2.90. The predicted molar refractivity (Wildman–Crippen MR) is 86.9 cm³/mol. The van der Waals surface area contributed by atoms with E-state index >= 15 is 0 Å². The van der Waals surface area contributed by atoms with Gasteiger partial charge in [0.15, 0.2) is 5.82 Å². The van der Waals surface area contributed by atoms with Crippen molar-refractivity contribution in [2.75, 3.05) is 0 Å². The van der Waals surface area contributed by atoms with Crippen LogP contribution in [0.3, 0.4) is 0 Å². The Balaban J connectivity index is 1.89. The smallest absolute Gasteiger partial charge is 0.328 e. The molecule has 1 aliphatic heterocycles. The second kappa shape index (κ2) is 6.41. The zero-order valence-electron chi connectivity index (χ0n) is 12.7. The van der Waals surface area contributed by atoms with Crippen molar-refractivity contribution in [1.82, 2.24) is 19.7 Å². The normalized spacial score (nSPS) is 16.8. The predicted octanol–water partition coefficient (Wildman–Crippen LogP) is 1.93. The number of aryl methyl sites for hydroxylation is 1. The van der Waals surface area contributed by atoms with Crippen molar-refractivity contribution < 1.29 is 14.7 Å². The molecular weight excluding hydrogens is 355 g/mol. The molecule has 24 heavy (non-hydrogen) atoms. The van der Waals surface area contributed by atoms with Crippen molar-refractivity contribution in [1.29, 1.82) is 0 Å². The molecule has 0 spiro atoms. The standard InChI is InChI=1S/C15H14Cl2N4O3/c1-8-18-19-13-7-21(12(15(23)24)6-20(8)13)14(22)5-9-10(16)3-2-4-11(9)17/h2-4,12H,5-7H2,1H3,(H,23,24). The molecule has 2 heterocycles. The highest BCUT2D eigenvalue weighted by atomic mass is 35.5. The molecule has 0 aliphatic carbocycles. The van der Waals surface area contributed by atoms with Crippen LogP contribution in [0.25, 0.3) is 0 Å². The zero-order valence-corrected chi connectivity index (χ0v) is 14.3. The van der Waals surface area contributed by atoms with Crippen molar-refractivity contribution in [2.24, 2.45) is 0 Å². The fraction of sp³-hybridized carbons (Fsp3) is 0.333. The van der Waals surface area contributed by atoms with Crippen molar-refractivity contribution in [2.45, 2.75) is 32.5 Å². The van der Waals surface area contributed by atoms with Crippen LogP contribution in [0.15, 0.2) is 18.2 Å². The van der Waals surface area contributed by atoms with Crippen molar-refractivity contribution in [3.05, 3.63) is 45.5 Å². The summed E-state index contributed by atoms with van der Waals surface area (Å²) in [4.78, 5) is 25.6. The number of hydrogen-bond donors (Lipinski definition) is 1. The monoisotopic (exact) mass is 368 g/mol. The van der Waals surface area contributed by atoms with Crippen LogP contribution in [-0.2, 0) is 29.1 Å². The van der Waals surface area contributed by atoms with Gasteiger partial charge < -0.3 is 14.6 Å². The maximum atomic E-state index is 12.7. The summed E-state index contributed by atoms with van der Waals surface area (Å²) in [6, 6.07) is 3.98. The molecule has 1 aromatic carbocycles. The number of fused-ring (bicyclic) bond motifs is 1. The molecular formula is C15H14Cl2N4O3. The third-order valence-corrected chi connectivity index (χ3v) is 4.76. The van der Waals surface area contributed by atoms with Crippen LogP contribution in [-0.4, -0.2) is 42.7 Å². The highest BCUT2D eigenvalue weighted by Crippen LogP contribution is 2.26. The third-order valence-electron chi connectivity index (χ3n) is 4.05. The summed E-state index contributed by atoms with van der Waals surface area (Å²) in [6.07, 6.45) is -0.0740. The van der Waals surface area contributed by atoms with E-state index in [1.165, 1.54) is 4.90 Å². The zero-order chi connectivity index (χ0) is 17.4. The number of carbonyl (C=O) groups excluding carboxylic acids is 1. The van der Waals surface area contributed by atoms with Gasteiger partial charge in [0, 0.05) is 10.0 Å². The van der Waals surface area contributed by atoms with E-state index in [1.807, 2.05) is 0 Å². The first kappa shape index (κ1) is 16.7. The van der Waals surface area contributed by atoms with Gasteiger partial charge in [0.25, 0.3) is 0 Å². The lowest BCUT2D eigenvalue weighted by atomic mass is 10.1. The van der Waals surface area contributed by atoms with Crippen LogP contribution >= 0.6 is 23.2 Å². The lowest BCUT2D eigenvalue weighted by molar-refractivity contribution is -0.152. The van der Waals surface area contributed by atoms with Crippen LogP contribution in [0.4, 0.5) is 0 Å². The Morgan fingerprint density at radius 1 is 1.29 bits per heavy atom. The number of rotatable bonds is 3. The number of aliphatic carboxylic acids is 1. The summed E-state index contributed by atoms with van der Waals surface area (Å²) in [5.74, 6) is -0.266. The van der Waals surface area contributed by atoms with E-state index in [2.05, 4.69) is 10.2 Å². The summed E-state index contributed by atoms with van der Waals surface area (Å²) in [6.45, 7) is 1.95. The van der Waals surface area contributed by atoms with E-state index < -0.39 is 12.0 Å². The molecule has 7 nitrogen and oxygen atoms in total. The number of nitrogens with zero attached hydrogens (tertiary/aromatic N) is 4. The molecule has 0 saturated heterocycles. The van der Waals surface area contributed by atoms with Gasteiger partial charge in [0.1, 0.15) is 11.9 Å². The van der Waals surface area contributed by atoms with E-state index in [0.29, 0.717) is 27.3 Å². The Labute approximate surface area is 147 Å². The molecule has 1 aliphatic rings. The van der Waals surface area contributed by atoms with Crippen molar-refractivity contribution in [3.63, 3.8) is 0 Å². The lowest BCUT2D eigenvalue weighted by Gasteiger charge is -2.33. The van der Waals surface area contributed by atoms with Gasteiger partial charge in [-0.2, -0.15) is 0 Å². The van der Waals surface area contributed by atoms with E-state index in [0.717, 1.165) is 0 Å². The first-order valence-electron chi connectivity index (χ1n) is 7.22. The largest absolute Gasteiger partial charge is 0.480 e. The van der Waals surface area contributed by atoms with Gasteiger partial charge in [-0.1, -0.05) is 29.3 Å². The van der Waals surface area contributed by atoms with E-state index in [-0.39, 0.29) is 25.4 Å². The van der Waals surface area contributed by atoms with Crippen molar-refractivity contribution in [3.8, 4) is 0 Å². The summed E-state index contributed by atoms with van der Waals surface area (Å²) in [5, 5.41) is 18.2. The number of carbonyl (C=O) groups is 2. The fourth-order valence-electron chi connectivity index (χ4n) is 2.74. The molecule has 0 radical (unpaired) electrons. The average molecular weight is 369 g/mol. The third kappa shape index (κ3) is 2.97. The second-order valence-electron chi connectivity index (χ2n) is 5.53.